The molecule has 24 heavy (non-hydrogen) atoms. The van der Waals surface area contributed by atoms with E-state index >= 15 is 0 Å². The smallest absolute Gasteiger partial charge is 0.176 e. The van der Waals surface area contributed by atoms with Gasteiger partial charge in [-0.1, -0.05) is 30.3 Å². The second-order valence-corrected chi connectivity index (χ2v) is 6.83. The maximum Gasteiger partial charge on any atom is 0.176 e. The predicted molar refractivity (Wildman–Crippen MR) is 95.9 cm³/mol. The van der Waals surface area contributed by atoms with Crippen molar-refractivity contribution >= 4 is 23.4 Å². The third-order valence-electron chi connectivity index (χ3n) is 3.98. The summed E-state index contributed by atoms with van der Waals surface area (Å²) in [5.74, 6) is 0.874. The third kappa shape index (κ3) is 2.97. The van der Waals surface area contributed by atoms with E-state index in [0.717, 1.165) is 53.5 Å². The minimum atomic E-state index is -0.979. The number of nitrogens with zero attached hydrogens (tertiary/aromatic N) is 4. The number of halogens is 1. The van der Waals surface area contributed by atoms with Gasteiger partial charge in [0, 0.05) is 30.8 Å². The van der Waals surface area contributed by atoms with Gasteiger partial charge in [0.2, 0.25) is 0 Å². The molecular weight excluding hydrogens is 325 g/mol. The highest BCUT2D eigenvalue weighted by atomic mass is 32.2. The second-order valence-electron chi connectivity index (χ2n) is 5.79. The van der Waals surface area contributed by atoms with Gasteiger partial charge in [-0.15, -0.1) is 0 Å². The van der Waals surface area contributed by atoms with Gasteiger partial charge in [-0.2, -0.15) is 9.61 Å². The van der Waals surface area contributed by atoms with Crippen molar-refractivity contribution in [3.05, 3.63) is 48.2 Å². The largest absolute Gasteiger partial charge is 0.351 e. The van der Waals surface area contributed by atoms with Crippen molar-refractivity contribution in [1.82, 2.24) is 19.3 Å². The van der Waals surface area contributed by atoms with Gasteiger partial charge in [0.25, 0.3) is 0 Å². The Balaban J connectivity index is 1.86. The molecule has 1 aliphatic heterocycles. The minimum Gasteiger partial charge on any atom is -0.351 e. The number of rotatable bonds is 2. The molecular formula is C17H18FN5S. The van der Waals surface area contributed by atoms with E-state index in [2.05, 4.69) is 9.82 Å². The minimum absolute atomic E-state index is 0.323. The zero-order valence-electron chi connectivity index (χ0n) is 13.3. The number of anilines is 1. The Morgan fingerprint density at radius 1 is 1.25 bits per heavy atom. The van der Waals surface area contributed by atoms with Gasteiger partial charge >= 0.3 is 0 Å². The molecule has 1 aliphatic rings. The highest BCUT2D eigenvalue weighted by molar-refractivity contribution is 7.97. The number of nitrogens with one attached hydrogen (secondary N) is 1. The SMILES string of the molecule is Cc1cc2nc(-c3ccccc3)cc(N3CCNSC(F)C3)n2n1. The summed E-state index contributed by atoms with van der Waals surface area (Å²) >= 11 is 1.14. The molecule has 5 nitrogen and oxygen atoms in total. The molecule has 1 unspecified atom stereocenters. The molecule has 3 aromatic rings. The number of fused-ring (bicyclic) bond motifs is 1. The van der Waals surface area contributed by atoms with Crippen LogP contribution in [0.4, 0.5) is 10.2 Å². The molecule has 1 N–H and O–H groups in total. The molecule has 2 aromatic heterocycles. The number of aryl methyl sites for hydroxylation is 1. The third-order valence-corrected chi connectivity index (χ3v) is 4.76. The number of hydrogen-bond donors (Lipinski definition) is 1. The molecule has 1 atom stereocenters. The van der Waals surface area contributed by atoms with Gasteiger partial charge in [0.05, 0.1) is 17.9 Å². The fourth-order valence-corrected chi connectivity index (χ4v) is 3.54. The maximum atomic E-state index is 14.0. The Morgan fingerprint density at radius 2 is 2.08 bits per heavy atom. The van der Waals surface area contributed by atoms with Gasteiger partial charge in [0.1, 0.15) is 5.82 Å². The summed E-state index contributed by atoms with van der Waals surface area (Å²) in [5, 5.41) is 4.54. The van der Waals surface area contributed by atoms with Gasteiger partial charge in [0.15, 0.2) is 11.2 Å². The van der Waals surface area contributed by atoms with Crippen LogP contribution in [0.25, 0.3) is 16.9 Å². The second kappa shape index (κ2) is 6.41. The lowest BCUT2D eigenvalue weighted by atomic mass is 10.1. The quantitative estimate of drug-likeness (QED) is 0.725. The summed E-state index contributed by atoms with van der Waals surface area (Å²) in [6.07, 6.45) is 0. The summed E-state index contributed by atoms with van der Waals surface area (Å²) in [4.78, 5) is 6.76. The van der Waals surface area contributed by atoms with Gasteiger partial charge in [-0.05, 0) is 18.9 Å². The summed E-state index contributed by atoms with van der Waals surface area (Å²) in [6.45, 7) is 3.71. The molecule has 4 rings (SSSR count). The van der Waals surface area contributed by atoms with Crippen LogP contribution in [0.2, 0.25) is 0 Å². The van der Waals surface area contributed by atoms with E-state index in [1.807, 2.05) is 58.8 Å². The number of alkyl halides is 1. The first-order valence-electron chi connectivity index (χ1n) is 7.91. The molecule has 124 valence electrons. The molecule has 0 amide bonds. The van der Waals surface area contributed by atoms with Crippen molar-refractivity contribution in [2.24, 2.45) is 0 Å². The topological polar surface area (TPSA) is 45.5 Å². The highest BCUT2D eigenvalue weighted by Crippen LogP contribution is 2.26. The van der Waals surface area contributed by atoms with Gasteiger partial charge < -0.3 is 4.90 Å². The monoisotopic (exact) mass is 343 g/mol. The van der Waals surface area contributed by atoms with Crippen LogP contribution < -0.4 is 9.62 Å². The molecule has 3 heterocycles. The van der Waals surface area contributed by atoms with Gasteiger partial charge in [-0.25, -0.2) is 9.37 Å². The average Bonchev–Trinajstić information content (AvgIpc) is 2.83. The Labute approximate surface area is 144 Å². The molecule has 1 fully saturated rings. The van der Waals surface area contributed by atoms with E-state index in [9.17, 15) is 4.39 Å². The Kier molecular flexibility index (Phi) is 4.12. The molecule has 1 aromatic carbocycles. The fraction of sp³-hybridized carbons (Fsp3) is 0.294. The predicted octanol–water partition coefficient (Wildman–Crippen LogP) is 3.06. The van der Waals surface area contributed by atoms with E-state index < -0.39 is 5.50 Å². The normalized spacial score (nSPS) is 18.8. The summed E-state index contributed by atoms with van der Waals surface area (Å²) in [5.41, 5.74) is 2.61. The lowest BCUT2D eigenvalue weighted by Gasteiger charge is -2.23. The van der Waals surface area contributed by atoms with Crippen molar-refractivity contribution < 1.29 is 4.39 Å². The van der Waals surface area contributed by atoms with Crippen LogP contribution in [0.15, 0.2) is 42.5 Å². The van der Waals surface area contributed by atoms with Crippen molar-refractivity contribution in [1.29, 1.82) is 0 Å². The molecule has 0 spiro atoms. The molecule has 0 saturated carbocycles. The number of hydrogen-bond acceptors (Lipinski definition) is 5. The van der Waals surface area contributed by atoms with E-state index in [-0.39, 0.29) is 0 Å². The molecule has 7 heteroatoms. The van der Waals surface area contributed by atoms with Gasteiger partial charge in [-0.3, -0.25) is 4.72 Å². The molecule has 0 bridgehead atoms. The van der Waals surface area contributed by atoms with Crippen LogP contribution in [-0.2, 0) is 0 Å². The first kappa shape index (κ1) is 15.4. The van der Waals surface area contributed by atoms with Crippen LogP contribution in [0.5, 0.6) is 0 Å². The lowest BCUT2D eigenvalue weighted by molar-refractivity contribution is 0.451. The molecule has 0 aliphatic carbocycles. The number of benzene rings is 1. The van der Waals surface area contributed by atoms with Crippen LogP contribution in [0.3, 0.4) is 0 Å². The zero-order chi connectivity index (χ0) is 16.5. The van der Waals surface area contributed by atoms with E-state index in [4.69, 9.17) is 4.98 Å². The van der Waals surface area contributed by atoms with Crippen molar-refractivity contribution in [2.45, 2.75) is 12.4 Å². The molecule has 0 radical (unpaired) electrons. The standard InChI is InChI=1S/C17H18FN5S/c1-12-9-16-20-14(13-5-3-2-4-6-13)10-17(23(16)21-12)22-8-7-19-24-15(18)11-22/h2-6,9-10,15,19H,7-8,11H2,1H3. The van der Waals surface area contributed by atoms with Crippen molar-refractivity contribution in [3.63, 3.8) is 0 Å². The summed E-state index contributed by atoms with van der Waals surface area (Å²) in [7, 11) is 0. The Bertz CT molecular complexity index is 851. The Morgan fingerprint density at radius 3 is 2.92 bits per heavy atom. The van der Waals surface area contributed by atoms with Crippen LogP contribution >= 0.6 is 11.9 Å². The number of aromatic nitrogens is 3. The highest BCUT2D eigenvalue weighted by Gasteiger charge is 2.21. The Hall–Kier alpha value is -2.12. The van der Waals surface area contributed by atoms with E-state index in [1.165, 1.54) is 0 Å². The molecule has 1 saturated heterocycles. The fourth-order valence-electron chi connectivity index (χ4n) is 2.90. The maximum absolute atomic E-state index is 14.0. The van der Waals surface area contributed by atoms with Crippen molar-refractivity contribution in [2.75, 3.05) is 24.5 Å². The van der Waals surface area contributed by atoms with Crippen LogP contribution in [0, 0.1) is 6.92 Å². The first-order chi connectivity index (χ1) is 11.7. The summed E-state index contributed by atoms with van der Waals surface area (Å²) < 4.78 is 18.9. The average molecular weight is 343 g/mol. The van der Waals surface area contributed by atoms with E-state index in [1.54, 1.807) is 0 Å². The summed E-state index contributed by atoms with van der Waals surface area (Å²) in [6, 6.07) is 14.0. The van der Waals surface area contributed by atoms with Crippen molar-refractivity contribution in [3.8, 4) is 11.3 Å². The first-order valence-corrected chi connectivity index (χ1v) is 8.79. The van der Waals surface area contributed by atoms with Crippen LogP contribution in [-0.4, -0.2) is 39.7 Å². The van der Waals surface area contributed by atoms with E-state index in [0.29, 0.717) is 6.54 Å². The zero-order valence-corrected chi connectivity index (χ0v) is 14.1. The van der Waals surface area contributed by atoms with Crippen LogP contribution in [0.1, 0.15) is 5.69 Å². The lowest BCUT2D eigenvalue weighted by Crippen LogP contribution is -2.32.